The minimum atomic E-state index is 1.14. The highest BCUT2D eigenvalue weighted by atomic mass is 32.1. The van der Waals surface area contributed by atoms with Crippen LogP contribution in [0.25, 0.3) is 10.4 Å². The van der Waals surface area contributed by atoms with Crippen LogP contribution in [0.2, 0.25) is 0 Å². The average Bonchev–Trinajstić information content (AvgIpc) is 2.58. The van der Waals surface area contributed by atoms with Crippen LogP contribution >= 0.6 is 11.3 Å². The van der Waals surface area contributed by atoms with E-state index < -0.39 is 0 Å². The molecule has 2 aromatic rings. The summed E-state index contributed by atoms with van der Waals surface area (Å²) >= 11 is 1.72. The van der Waals surface area contributed by atoms with Crippen LogP contribution in [-0.2, 0) is 0 Å². The number of nitrogens with one attached hydrogen (secondary N) is 1. The fourth-order valence-corrected chi connectivity index (χ4v) is 1.61. The van der Waals surface area contributed by atoms with Crippen molar-refractivity contribution >= 4 is 11.3 Å². The van der Waals surface area contributed by atoms with Gasteiger partial charge < -0.3 is 0 Å². The number of H-pyrrole nitrogens is 1. The number of hydrogen-bond donors (Lipinski definition) is 0. The van der Waals surface area contributed by atoms with Crippen LogP contribution in [0.15, 0.2) is 36.2 Å². The van der Waals surface area contributed by atoms with Gasteiger partial charge in [0.2, 0.25) is 0 Å². The van der Waals surface area contributed by atoms with Gasteiger partial charge in [-0.15, -0.1) is 11.3 Å². The molecule has 2 rings (SSSR count). The lowest BCUT2D eigenvalue weighted by Crippen LogP contribution is -2.00. The van der Waals surface area contributed by atoms with Gasteiger partial charge >= 0.3 is 0 Å². The molecule has 2 nitrogen and oxygen atoms in total. The van der Waals surface area contributed by atoms with Gasteiger partial charge in [-0.25, -0.2) is 4.98 Å². The molecule has 0 atom stereocenters. The van der Waals surface area contributed by atoms with E-state index in [4.69, 9.17) is 0 Å². The normalized spacial score (nSPS) is 9.82. The molecule has 0 radical (unpaired) electrons. The molecule has 0 bridgehead atoms. The molecular formula is C8H7N2S+. The Hall–Kier alpha value is -1.22. The van der Waals surface area contributed by atoms with Gasteiger partial charge in [0, 0.05) is 4.88 Å². The summed E-state index contributed by atoms with van der Waals surface area (Å²) in [6, 6.07) is 4.11. The Balaban J connectivity index is 2.46. The van der Waals surface area contributed by atoms with Crippen LogP contribution in [0.5, 0.6) is 0 Å². The summed E-state index contributed by atoms with van der Waals surface area (Å²) in [5.74, 6) is 0. The highest BCUT2D eigenvalue weighted by molar-refractivity contribution is 7.13. The monoisotopic (exact) mass is 163 g/mol. The van der Waals surface area contributed by atoms with Crippen LogP contribution in [0.3, 0.4) is 0 Å². The van der Waals surface area contributed by atoms with Gasteiger partial charge in [0.05, 0.1) is 11.8 Å². The molecule has 0 aromatic carbocycles. The third-order valence-corrected chi connectivity index (χ3v) is 2.33. The van der Waals surface area contributed by atoms with E-state index >= 15 is 0 Å². The summed E-state index contributed by atoms with van der Waals surface area (Å²) in [5.41, 5.74) is 1.14. The molecular weight excluding hydrogens is 156 g/mol. The van der Waals surface area contributed by atoms with Crippen molar-refractivity contribution in [2.75, 3.05) is 0 Å². The smallest absolute Gasteiger partial charge is 0.250 e. The van der Waals surface area contributed by atoms with E-state index in [0.717, 1.165) is 5.56 Å². The van der Waals surface area contributed by atoms with Crippen molar-refractivity contribution in [1.82, 2.24) is 4.98 Å². The van der Waals surface area contributed by atoms with E-state index in [-0.39, 0.29) is 0 Å². The van der Waals surface area contributed by atoms with Gasteiger partial charge in [-0.2, -0.15) is 0 Å². The predicted molar refractivity (Wildman–Crippen MR) is 44.1 cm³/mol. The summed E-state index contributed by atoms with van der Waals surface area (Å²) in [4.78, 5) is 8.18. The fourth-order valence-electron chi connectivity index (χ4n) is 0.902. The van der Waals surface area contributed by atoms with Crippen molar-refractivity contribution in [2.45, 2.75) is 0 Å². The molecule has 0 unspecified atom stereocenters. The number of rotatable bonds is 1. The first-order valence-corrected chi connectivity index (χ1v) is 4.20. The summed E-state index contributed by atoms with van der Waals surface area (Å²) < 4.78 is 0. The van der Waals surface area contributed by atoms with Gasteiger partial charge in [0.15, 0.2) is 6.20 Å². The largest absolute Gasteiger partial charge is 0.283 e. The number of aromatic nitrogens is 2. The molecule has 0 amide bonds. The van der Waals surface area contributed by atoms with Crippen LogP contribution in [0.4, 0.5) is 0 Å². The Morgan fingerprint density at radius 3 is 3.09 bits per heavy atom. The zero-order valence-electron chi connectivity index (χ0n) is 5.82. The van der Waals surface area contributed by atoms with Crippen molar-refractivity contribution in [2.24, 2.45) is 0 Å². The lowest BCUT2D eigenvalue weighted by atomic mass is 10.3. The topological polar surface area (TPSA) is 27.0 Å². The zero-order valence-corrected chi connectivity index (χ0v) is 6.64. The van der Waals surface area contributed by atoms with E-state index in [2.05, 4.69) is 21.4 Å². The van der Waals surface area contributed by atoms with Crippen molar-refractivity contribution in [3.05, 3.63) is 36.2 Å². The second kappa shape index (κ2) is 2.80. The SMILES string of the molecule is c1csc(-c2cnc[nH+]c2)c1. The Labute approximate surface area is 68.6 Å². The molecule has 2 heterocycles. The Morgan fingerprint density at radius 2 is 2.45 bits per heavy atom. The second-order valence-corrected chi connectivity index (χ2v) is 3.10. The van der Waals surface area contributed by atoms with Gasteiger partial charge in [-0.05, 0) is 11.4 Å². The summed E-state index contributed by atoms with van der Waals surface area (Å²) in [7, 11) is 0. The molecule has 1 N–H and O–H groups in total. The predicted octanol–water partition coefficient (Wildman–Crippen LogP) is 1.62. The molecule has 2 aromatic heterocycles. The molecule has 3 heteroatoms. The zero-order chi connectivity index (χ0) is 7.52. The quantitative estimate of drug-likeness (QED) is 0.627. The second-order valence-electron chi connectivity index (χ2n) is 2.15. The van der Waals surface area contributed by atoms with E-state index in [9.17, 15) is 0 Å². The number of thiophene rings is 1. The van der Waals surface area contributed by atoms with Crippen LogP contribution < -0.4 is 4.98 Å². The third-order valence-electron chi connectivity index (χ3n) is 1.41. The third kappa shape index (κ3) is 1.28. The van der Waals surface area contributed by atoms with E-state index in [1.807, 2.05) is 18.5 Å². The lowest BCUT2D eigenvalue weighted by molar-refractivity contribution is -0.382. The van der Waals surface area contributed by atoms with Crippen LogP contribution in [-0.4, -0.2) is 4.98 Å². The molecule has 54 valence electrons. The Kier molecular flexibility index (Phi) is 1.65. The van der Waals surface area contributed by atoms with E-state index in [1.54, 1.807) is 17.7 Å². The summed E-state index contributed by atoms with van der Waals surface area (Å²) in [5, 5.41) is 2.06. The summed E-state index contributed by atoms with van der Waals surface area (Å²) in [6.07, 6.45) is 5.46. The van der Waals surface area contributed by atoms with Crippen LogP contribution in [0, 0.1) is 0 Å². The minimum Gasteiger partial charge on any atom is -0.250 e. The molecule has 0 aliphatic heterocycles. The van der Waals surface area contributed by atoms with Gasteiger partial charge in [-0.3, -0.25) is 0 Å². The van der Waals surface area contributed by atoms with Gasteiger partial charge in [0.25, 0.3) is 6.33 Å². The molecule has 0 aliphatic rings. The van der Waals surface area contributed by atoms with Gasteiger partial charge in [-0.1, -0.05) is 11.1 Å². The first kappa shape index (κ1) is 6.49. The molecule has 0 saturated heterocycles. The summed E-state index contributed by atoms with van der Waals surface area (Å²) in [6.45, 7) is 0. The van der Waals surface area contributed by atoms with Crippen molar-refractivity contribution in [1.29, 1.82) is 0 Å². The maximum Gasteiger partial charge on any atom is 0.283 e. The van der Waals surface area contributed by atoms with E-state index in [1.165, 1.54) is 4.88 Å². The molecule has 0 aliphatic carbocycles. The Morgan fingerprint density at radius 1 is 1.45 bits per heavy atom. The van der Waals surface area contributed by atoms with E-state index in [0.29, 0.717) is 0 Å². The molecule has 0 saturated carbocycles. The highest BCUT2D eigenvalue weighted by Gasteiger charge is 1.99. The minimum absolute atomic E-state index is 1.14. The number of hydrogen-bond acceptors (Lipinski definition) is 2. The molecule has 11 heavy (non-hydrogen) atoms. The maximum absolute atomic E-state index is 3.99. The highest BCUT2D eigenvalue weighted by Crippen LogP contribution is 2.21. The van der Waals surface area contributed by atoms with Crippen molar-refractivity contribution < 1.29 is 4.98 Å². The standard InChI is InChI=1S/C8H6N2S/c1-2-8(11-3-1)7-4-9-6-10-5-7/h1-6H/p+1. The number of nitrogens with zero attached hydrogens (tertiary/aromatic N) is 1. The maximum atomic E-state index is 3.99. The molecule has 0 spiro atoms. The van der Waals surface area contributed by atoms with Crippen molar-refractivity contribution in [3.8, 4) is 10.4 Å². The first-order chi connectivity index (χ1) is 5.47. The Bertz CT molecular complexity index is 315. The fraction of sp³-hybridized carbons (Fsp3) is 0. The number of aromatic amines is 1. The van der Waals surface area contributed by atoms with Crippen LogP contribution in [0.1, 0.15) is 0 Å². The molecule has 0 fully saturated rings. The average molecular weight is 163 g/mol. The lowest BCUT2D eigenvalue weighted by Gasteiger charge is -1.86. The first-order valence-electron chi connectivity index (χ1n) is 3.32. The van der Waals surface area contributed by atoms with Crippen molar-refractivity contribution in [3.63, 3.8) is 0 Å². The van der Waals surface area contributed by atoms with Gasteiger partial charge in [0.1, 0.15) is 0 Å².